The number of fused-ring (bicyclic) bond motifs is 6. The fourth-order valence-corrected chi connectivity index (χ4v) is 12.1. The number of esters is 2. The van der Waals surface area contributed by atoms with E-state index in [2.05, 4.69) is 15.1 Å². The van der Waals surface area contributed by atoms with Gasteiger partial charge in [0.15, 0.2) is 0 Å². The maximum absolute atomic E-state index is 13.9. The summed E-state index contributed by atoms with van der Waals surface area (Å²) < 4.78 is 22.2. The molecular formula is C51H57Cl3N10O8S2. The van der Waals surface area contributed by atoms with Gasteiger partial charge in [0.05, 0.1) is 38.3 Å². The van der Waals surface area contributed by atoms with Gasteiger partial charge < -0.3 is 53.3 Å². The number of hydrogen-bond donors (Lipinski definition) is 2. The van der Waals surface area contributed by atoms with Gasteiger partial charge in [-0.1, -0.05) is 59.6 Å². The Balaban J connectivity index is 0.000000198. The van der Waals surface area contributed by atoms with Crippen LogP contribution >= 0.6 is 58.3 Å². The second-order valence-corrected chi connectivity index (χ2v) is 21.8. The minimum Gasteiger partial charge on any atom is -0.465 e. The van der Waals surface area contributed by atoms with Crippen LogP contribution in [0.4, 0.5) is 16.7 Å². The van der Waals surface area contributed by atoms with Gasteiger partial charge in [-0.15, -0.1) is 35.1 Å². The summed E-state index contributed by atoms with van der Waals surface area (Å²) in [7, 11) is 5.98. The number of alkyl carbamates (subject to hydrolysis) is 1. The van der Waals surface area contributed by atoms with E-state index in [4.69, 9.17) is 53.1 Å². The van der Waals surface area contributed by atoms with E-state index >= 15 is 0 Å². The van der Waals surface area contributed by atoms with Crippen molar-refractivity contribution < 1.29 is 28.6 Å². The molecule has 1 amide bonds. The van der Waals surface area contributed by atoms with E-state index in [1.165, 1.54) is 46.0 Å². The topological polar surface area (TPSA) is 203 Å². The van der Waals surface area contributed by atoms with E-state index in [-0.39, 0.29) is 35.6 Å². The summed E-state index contributed by atoms with van der Waals surface area (Å²) in [6.45, 7) is 8.85. The van der Waals surface area contributed by atoms with Crippen molar-refractivity contribution in [3.8, 4) is 0 Å². The number of methoxy groups -OCH3 is 2. The molecule has 8 heterocycles. The van der Waals surface area contributed by atoms with Crippen molar-refractivity contribution in [2.24, 2.45) is 19.8 Å². The van der Waals surface area contributed by atoms with Gasteiger partial charge in [0.1, 0.15) is 37.4 Å². The molecule has 8 aromatic rings. The second kappa shape index (κ2) is 22.0. The lowest BCUT2D eigenvalue weighted by molar-refractivity contribution is 0.0498. The van der Waals surface area contributed by atoms with Crippen LogP contribution in [0.1, 0.15) is 76.9 Å². The Labute approximate surface area is 449 Å². The lowest BCUT2D eigenvalue weighted by Gasteiger charge is -2.34. The number of carbonyl (C=O) groups is 3. The maximum atomic E-state index is 13.9. The number of hydrogen-bond acceptors (Lipinski definition) is 15. The Bertz CT molecular complexity index is 3580. The predicted molar refractivity (Wildman–Crippen MR) is 296 cm³/mol. The highest BCUT2D eigenvalue weighted by atomic mass is 35.5. The summed E-state index contributed by atoms with van der Waals surface area (Å²) in [4.78, 5) is 79.7. The second-order valence-electron chi connectivity index (χ2n) is 19.2. The molecule has 0 aliphatic carbocycles. The number of rotatable bonds is 9. The quantitative estimate of drug-likeness (QED) is 0.103. The lowest BCUT2D eigenvalue weighted by atomic mass is 10.1. The highest BCUT2D eigenvalue weighted by Gasteiger charge is 2.32. The number of amides is 1. The van der Waals surface area contributed by atoms with Crippen molar-refractivity contribution in [2.45, 2.75) is 77.2 Å². The highest BCUT2D eigenvalue weighted by Crippen LogP contribution is 2.36. The number of anilines is 2. The first-order valence-electron chi connectivity index (χ1n) is 23.8. The number of piperidine rings is 2. The molecule has 0 bridgehead atoms. The molecule has 2 aliphatic heterocycles. The van der Waals surface area contributed by atoms with E-state index in [1.54, 1.807) is 14.1 Å². The number of halogens is 3. The molecule has 6 aromatic heterocycles. The summed E-state index contributed by atoms with van der Waals surface area (Å²) in [6.07, 6.45) is 3.05. The van der Waals surface area contributed by atoms with Crippen LogP contribution in [0.2, 0.25) is 10.0 Å². The van der Waals surface area contributed by atoms with Gasteiger partial charge >= 0.3 is 18.0 Å². The SMILES string of the molecule is COC(=O)c1scc2c3nc(N4CCC[C@@H](N)C4)n(Cc4ccccc4Cl)c3c(=O)n(C)c12.COC(=O)c1scc2c3nc(N4CCC[C@@H](NC(=O)OC(C)(C)C)C4)n(Cc4ccccc4Cl)c3c(=O)n(C)c12.Cl. The van der Waals surface area contributed by atoms with Gasteiger partial charge in [0.2, 0.25) is 11.9 Å². The molecule has 0 unspecified atom stereocenters. The molecule has 0 spiro atoms. The first kappa shape index (κ1) is 54.1. The number of nitrogens with zero attached hydrogens (tertiary/aromatic N) is 8. The summed E-state index contributed by atoms with van der Waals surface area (Å²) in [5, 5.41) is 9.34. The summed E-state index contributed by atoms with van der Waals surface area (Å²) >= 11 is 15.5. The number of ether oxygens (including phenoxy) is 3. The van der Waals surface area contributed by atoms with E-state index in [0.717, 1.165) is 48.7 Å². The zero-order chi connectivity index (χ0) is 52.0. The predicted octanol–water partition coefficient (Wildman–Crippen LogP) is 8.72. The zero-order valence-electron chi connectivity index (χ0n) is 41.9. The minimum absolute atomic E-state index is 0. The van der Waals surface area contributed by atoms with E-state index in [9.17, 15) is 24.0 Å². The Morgan fingerprint density at radius 3 is 1.59 bits per heavy atom. The van der Waals surface area contributed by atoms with Crippen LogP contribution in [0, 0.1) is 0 Å². The van der Waals surface area contributed by atoms with Crippen LogP contribution in [0.25, 0.3) is 43.9 Å². The Morgan fingerprint density at radius 1 is 0.716 bits per heavy atom. The average Bonchev–Trinajstić information content (AvgIpc) is 4.17. The Hall–Kier alpha value is -6.16. The monoisotopic (exact) mass is 1110 g/mol. The number of imidazole rings is 2. The van der Waals surface area contributed by atoms with Gasteiger partial charge in [-0.25, -0.2) is 24.4 Å². The number of nitrogens with two attached hydrogens (primary N) is 1. The molecule has 0 saturated carbocycles. The van der Waals surface area contributed by atoms with Crippen LogP contribution in [0.3, 0.4) is 0 Å². The Morgan fingerprint density at radius 2 is 1.16 bits per heavy atom. The van der Waals surface area contributed by atoms with Gasteiger partial charge in [0, 0.05) is 83.9 Å². The third-order valence-electron chi connectivity index (χ3n) is 13.1. The number of thiophene rings is 2. The van der Waals surface area contributed by atoms with E-state index in [0.29, 0.717) is 103 Å². The number of aromatic nitrogens is 6. The van der Waals surface area contributed by atoms with E-state index < -0.39 is 23.6 Å². The number of aryl methyl sites for hydroxylation is 2. The third-order valence-corrected chi connectivity index (χ3v) is 15.7. The third kappa shape index (κ3) is 10.4. The molecular weight excluding hydrogens is 1050 g/mol. The summed E-state index contributed by atoms with van der Waals surface area (Å²) in [5.41, 5.74) is 9.89. The summed E-state index contributed by atoms with van der Waals surface area (Å²) in [6, 6.07) is 15.0. The molecule has 2 atom stereocenters. The first-order valence-corrected chi connectivity index (χ1v) is 26.3. The molecule has 0 radical (unpaired) electrons. The highest BCUT2D eigenvalue weighted by molar-refractivity contribution is 7.14. The van der Waals surface area contributed by atoms with Crippen molar-refractivity contribution in [3.05, 3.63) is 111 Å². The molecule has 18 nitrogen and oxygen atoms in total. The standard InChI is InChI=1S/C28H32ClN5O5S.C23H24ClN5O3S.ClH/c1-28(2,3)39-27(37)30-17-10-8-12-33(14-17)26-31-20-18-15-40-23(25(36)38-5)21(18)32(4)24(35)22(20)34(26)13-16-9-6-7-11-19(16)29;1-27-18-15(12-33-20(18)22(31)32-2)17-19(21(27)30)29(10-13-6-3-4-8-16(13)24)23(26-17)28-9-5-7-14(25)11-28;/h6-7,9,11,15,17H,8,10,12-14H2,1-5H3,(H,30,37);3-4,6,8,12,14H,5,7,9-11,25H2,1-2H3;1H/t17-;14-;/m11./s1. The van der Waals surface area contributed by atoms with E-state index in [1.807, 2.05) is 89.2 Å². The van der Waals surface area contributed by atoms with Gasteiger partial charge in [-0.3, -0.25) is 9.59 Å². The van der Waals surface area contributed by atoms with Crippen LogP contribution in [0.5, 0.6) is 0 Å². The van der Waals surface area contributed by atoms with Crippen molar-refractivity contribution in [3.63, 3.8) is 0 Å². The molecule has 3 N–H and O–H groups in total. The smallest absolute Gasteiger partial charge is 0.407 e. The van der Waals surface area contributed by atoms with Crippen LogP contribution in [-0.4, -0.2) is 104 Å². The number of benzene rings is 2. The molecule has 2 aromatic carbocycles. The molecule has 2 fully saturated rings. The van der Waals surface area contributed by atoms with Crippen molar-refractivity contribution in [2.75, 3.05) is 50.2 Å². The number of pyridine rings is 2. The minimum atomic E-state index is -0.601. The van der Waals surface area contributed by atoms with Crippen molar-refractivity contribution in [1.29, 1.82) is 0 Å². The fourth-order valence-electron chi connectivity index (χ4n) is 9.71. The molecule has 74 heavy (non-hydrogen) atoms. The molecule has 10 rings (SSSR count). The van der Waals surface area contributed by atoms with Crippen molar-refractivity contribution >= 4 is 132 Å². The molecule has 392 valence electrons. The van der Waals surface area contributed by atoms with Gasteiger partial charge in [-0.2, -0.15) is 0 Å². The lowest BCUT2D eigenvalue weighted by Crippen LogP contribution is -2.49. The Kier molecular flexibility index (Phi) is 16.1. The molecule has 23 heteroatoms. The molecule has 2 aliphatic rings. The summed E-state index contributed by atoms with van der Waals surface area (Å²) in [5.74, 6) is 0.316. The first-order chi connectivity index (χ1) is 34.9. The normalized spacial score (nSPS) is 16.0. The zero-order valence-corrected chi connectivity index (χ0v) is 45.9. The van der Waals surface area contributed by atoms with Gasteiger partial charge in [0.25, 0.3) is 11.1 Å². The largest absolute Gasteiger partial charge is 0.465 e. The van der Waals surface area contributed by atoms with Crippen LogP contribution in [0.15, 0.2) is 68.9 Å². The maximum Gasteiger partial charge on any atom is 0.407 e. The average molecular weight is 1110 g/mol. The number of nitrogens with one attached hydrogen (secondary N) is 1. The van der Waals surface area contributed by atoms with Crippen molar-refractivity contribution in [1.82, 2.24) is 33.6 Å². The molecule has 2 saturated heterocycles. The number of carbonyl (C=O) groups excluding carboxylic acids is 3. The fraction of sp³-hybridized carbons (Fsp3) is 0.392. The van der Waals surface area contributed by atoms with Gasteiger partial charge in [-0.05, 0) is 69.7 Å². The van der Waals surface area contributed by atoms with Crippen LogP contribution < -0.4 is 32.0 Å². The van der Waals surface area contributed by atoms with Crippen LogP contribution in [-0.2, 0) is 41.4 Å².